The van der Waals surface area contributed by atoms with Crippen molar-refractivity contribution in [1.82, 2.24) is 5.43 Å². The summed E-state index contributed by atoms with van der Waals surface area (Å²) in [5.41, 5.74) is 3.37. The van der Waals surface area contributed by atoms with Crippen LogP contribution in [0.2, 0.25) is 0 Å². The molecule has 0 heterocycles. The number of nitrogens with zero attached hydrogens (tertiary/aromatic N) is 2. The van der Waals surface area contributed by atoms with Gasteiger partial charge < -0.3 is 9.47 Å². The van der Waals surface area contributed by atoms with E-state index in [0.717, 1.165) is 21.9 Å². The van der Waals surface area contributed by atoms with Crippen molar-refractivity contribution in [1.29, 1.82) is 0 Å². The van der Waals surface area contributed by atoms with Gasteiger partial charge in [0.1, 0.15) is 18.0 Å². The number of hydrogen-bond donors (Lipinski definition) is 1. The Labute approximate surface area is 164 Å². The van der Waals surface area contributed by atoms with Crippen molar-refractivity contribution < 1.29 is 22.7 Å². The van der Waals surface area contributed by atoms with E-state index in [1.165, 1.54) is 13.3 Å². The van der Waals surface area contributed by atoms with Crippen LogP contribution in [0.3, 0.4) is 0 Å². The zero-order valence-corrected chi connectivity index (χ0v) is 16.8. The van der Waals surface area contributed by atoms with E-state index in [4.69, 9.17) is 9.47 Å². The average Bonchev–Trinajstić information content (AvgIpc) is 2.67. The Morgan fingerprint density at radius 1 is 1.18 bits per heavy atom. The molecule has 2 aromatic rings. The number of rotatable bonds is 9. The van der Waals surface area contributed by atoms with Crippen LogP contribution in [0.4, 0.5) is 5.69 Å². The molecule has 0 unspecified atom stereocenters. The molecule has 9 heteroatoms. The normalized spacial score (nSPS) is 11.2. The van der Waals surface area contributed by atoms with Gasteiger partial charge in [0.2, 0.25) is 10.0 Å². The summed E-state index contributed by atoms with van der Waals surface area (Å²) in [6, 6.07) is 13.7. The highest BCUT2D eigenvalue weighted by Gasteiger charge is 2.23. The minimum absolute atomic E-state index is 0.276. The molecule has 28 heavy (non-hydrogen) atoms. The minimum atomic E-state index is -3.71. The summed E-state index contributed by atoms with van der Waals surface area (Å²) in [5, 5.41) is 3.87. The van der Waals surface area contributed by atoms with E-state index in [-0.39, 0.29) is 5.69 Å². The lowest BCUT2D eigenvalue weighted by Crippen LogP contribution is -2.39. The number of carbonyl (C=O) groups is 1. The Morgan fingerprint density at radius 3 is 2.46 bits per heavy atom. The fraction of sp³-hybridized carbons (Fsp3) is 0.263. The smallest absolute Gasteiger partial charge is 0.260 e. The molecule has 0 saturated heterocycles. The number of para-hydroxylation sites is 2. The third kappa shape index (κ3) is 5.98. The molecule has 2 rings (SSSR count). The van der Waals surface area contributed by atoms with Gasteiger partial charge >= 0.3 is 0 Å². The predicted octanol–water partition coefficient (Wildman–Crippen LogP) is 2.01. The Hall–Kier alpha value is -3.07. The lowest BCUT2D eigenvalue weighted by molar-refractivity contribution is -0.119. The van der Waals surface area contributed by atoms with E-state index in [2.05, 4.69) is 10.5 Å². The molecule has 2 aromatic carbocycles. The number of nitrogens with one attached hydrogen (secondary N) is 1. The molecule has 0 fully saturated rings. The Kier molecular flexibility index (Phi) is 7.39. The zero-order chi connectivity index (χ0) is 20.6. The highest BCUT2D eigenvalue weighted by atomic mass is 32.2. The van der Waals surface area contributed by atoms with Crippen molar-refractivity contribution in [3.8, 4) is 11.5 Å². The van der Waals surface area contributed by atoms with Crippen LogP contribution in [0.15, 0.2) is 53.6 Å². The topological polar surface area (TPSA) is 97.3 Å². The van der Waals surface area contributed by atoms with Crippen molar-refractivity contribution >= 4 is 27.8 Å². The van der Waals surface area contributed by atoms with Crippen molar-refractivity contribution in [2.45, 2.75) is 6.92 Å². The van der Waals surface area contributed by atoms with E-state index < -0.39 is 22.5 Å². The maximum absolute atomic E-state index is 12.2. The lowest BCUT2D eigenvalue weighted by atomic mass is 10.2. The average molecular weight is 405 g/mol. The van der Waals surface area contributed by atoms with E-state index in [1.54, 1.807) is 48.5 Å². The second kappa shape index (κ2) is 9.75. The maximum atomic E-state index is 12.2. The molecular weight excluding hydrogens is 382 g/mol. The third-order valence-electron chi connectivity index (χ3n) is 3.64. The fourth-order valence-electron chi connectivity index (χ4n) is 2.38. The molecule has 0 bridgehead atoms. The molecule has 150 valence electrons. The number of methoxy groups -OCH3 is 1. The van der Waals surface area contributed by atoms with E-state index >= 15 is 0 Å². The van der Waals surface area contributed by atoms with Crippen LogP contribution >= 0.6 is 0 Å². The first-order chi connectivity index (χ1) is 13.3. The number of benzene rings is 2. The molecule has 0 aromatic heterocycles. The number of amides is 1. The quantitative estimate of drug-likeness (QED) is 0.508. The molecule has 1 N–H and O–H groups in total. The number of hydrogen-bond acceptors (Lipinski definition) is 6. The van der Waals surface area contributed by atoms with Crippen LogP contribution in [0, 0.1) is 0 Å². The van der Waals surface area contributed by atoms with Gasteiger partial charge in [0.05, 0.1) is 31.9 Å². The molecule has 1 amide bonds. The standard InChI is InChI=1S/C19H23N3O5S/c1-4-27-16-11-9-15(10-12-16)13-20-21-19(23)14-22(28(3,24)25)17-7-5-6-8-18(17)26-2/h5-13H,4,14H2,1-3H3,(H,21,23)/b20-13-. The monoisotopic (exact) mass is 405 g/mol. The molecule has 0 aliphatic heterocycles. The van der Waals surface area contributed by atoms with Crippen molar-refractivity contribution in [3.05, 3.63) is 54.1 Å². The number of hydrazone groups is 1. The van der Waals surface area contributed by atoms with Gasteiger partial charge in [-0.25, -0.2) is 13.8 Å². The largest absolute Gasteiger partial charge is 0.495 e. The maximum Gasteiger partial charge on any atom is 0.260 e. The zero-order valence-electron chi connectivity index (χ0n) is 16.0. The van der Waals surface area contributed by atoms with Gasteiger partial charge in [-0.2, -0.15) is 5.10 Å². The number of sulfonamides is 1. The molecule has 0 atom stereocenters. The molecule has 8 nitrogen and oxygen atoms in total. The number of ether oxygens (including phenoxy) is 2. The predicted molar refractivity (Wildman–Crippen MR) is 109 cm³/mol. The van der Waals surface area contributed by atoms with E-state index in [0.29, 0.717) is 12.4 Å². The summed E-state index contributed by atoms with van der Waals surface area (Å²) < 4.78 is 35.8. The summed E-state index contributed by atoms with van der Waals surface area (Å²) in [5.74, 6) is 0.501. The van der Waals surface area contributed by atoms with Gasteiger partial charge in [0.25, 0.3) is 5.91 Å². The SMILES string of the molecule is CCOc1ccc(/C=N\NC(=O)CN(c2ccccc2OC)S(C)(=O)=O)cc1. The molecule has 0 spiro atoms. The van der Waals surface area contributed by atoms with Crippen molar-refractivity contribution in [2.75, 3.05) is 30.8 Å². The second-order valence-corrected chi connectivity index (χ2v) is 7.64. The van der Waals surface area contributed by atoms with Crippen LogP contribution < -0.4 is 19.2 Å². The first-order valence-corrected chi connectivity index (χ1v) is 10.4. The summed E-state index contributed by atoms with van der Waals surface area (Å²) in [6.07, 6.45) is 2.48. The van der Waals surface area contributed by atoms with E-state index in [9.17, 15) is 13.2 Å². The Bertz CT molecular complexity index is 927. The van der Waals surface area contributed by atoms with Gasteiger partial charge in [-0.1, -0.05) is 12.1 Å². The third-order valence-corrected chi connectivity index (χ3v) is 4.76. The first-order valence-electron chi connectivity index (χ1n) is 8.50. The van der Waals surface area contributed by atoms with Crippen LogP contribution in [0.1, 0.15) is 12.5 Å². The number of carbonyl (C=O) groups excluding carboxylic acids is 1. The summed E-state index contributed by atoms with van der Waals surface area (Å²) >= 11 is 0. The highest BCUT2D eigenvalue weighted by molar-refractivity contribution is 7.92. The fourth-order valence-corrected chi connectivity index (χ4v) is 3.24. The molecular formula is C19H23N3O5S. The van der Waals surface area contributed by atoms with Gasteiger partial charge in [-0.05, 0) is 48.9 Å². The highest BCUT2D eigenvalue weighted by Crippen LogP contribution is 2.29. The lowest BCUT2D eigenvalue weighted by Gasteiger charge is -2.23. The molecule has 0 saturated carbocycles. The second-order valence-electron chi connectivity index (χ2n) is 5.74. The molecule has 0 aliphatic rings. The molecule has 0 radical (unpaired) electrons. The minimum Gasteiger partial charge on any atom is -0.495 e. The molecule has 0 aliphatic carbocycles. The first kappa shape index (κ1) is 21.2. The summed E-state index contributed by atoms with van der Waals surface area (Å²) in [6.45, 7) is 2.04. The Balaban J connectivity index is 2.06. The van der Waals surface area contributed by atoms with Gasteiger partial charge in [-0.3, -0.25) is 9.10 Å². The van der Waals surface area contributed by atoms with Crippen LogP contribution in [0.5, 0.6) is 11.5 Å². The van der Waals surface area contributed by atoms with E-state index in [1.807, 2.05) is 6.92 Å². The van der Waals surface area contributed by atoms with Gasteiger partial charge in [0, 0.05) is 0 Å². The van der Waals surface area contributed by atoms with Crippen LogP contribution in [0.25, 0.3) is 0 Å². The van der Waals surface area contributed by atoms with Crippen LogP contribution in [-0.2, 0) is 14.8 Å². The number of anilines is 1. The Morgan fingerprint density at radius 2 is 1.86 bits per heavy atom. The van der Waals surface area contributed by atoms with Gasteiger partial charge in [-0.15, -0.1) is 0 Å². The summed E-state index contributed by atoms with van der Waals surface area (Å²) in [7, 11) is -2.28. The van der Waals surface area contributed by atoms with Crippen LogP contribution in [-0.4, -0.2) is 47.1 Å². The van der Waals surface area contributed by atoms with Crippen molar-refractivity contribution in [3.63, 3.8) is 0 Å². The summed E-state index contributed by atoms with van der Waals surface area (Å²) in [4.78, 5) is 12.2. The van der Waals surface area contributed by atoms with Crippen molar-refractivity contribution in [2.24, 2.45) is 5.10 Å². The van der Waals surface area contributed by atoms with Gasteiger partial charge in [0.15, 0.2) is 0 Å².